The molecular weight excluding hydrogens is 230 g/mol. The molecule has 0 aliphatic rings. The van der Waals surface area contributed by atoms with Crippen LogP contribution in [-0.2, 0) is 9.53 Å². The second-order valence-electron chi connectivity index (χ2n) is 4.14. The van der Waals surface area contributed by atoms with Gasteiger partial charge >= 0.3 is 5.97 Å². The summed E-state index contributed by atoms with van der Waals surface area (Å²) in [7, 11) is 0. The highest BCUT2D eigenvalue weighted by atomic mass is 16.5. The van der Waals surface area contributed by atoms with Gasteiger partial charge in [-0.2, -0.15) is 0 Å². The minimum atomic E-state index is -0.188. The highest BCUT2D eigenvalue weighted by Gasteiger charge is 2.06. The van der Waals surface area contributed by atoms with E-state index in [2.05, 4.69) is 5.32 Å². The number of para-hydroxylation sites is 2. The molecule has 0 amide bonds. The van der Waals surface area contributed by atoms with Crippen LogP contribution in [0.4, 0.5) is 5.69 Å². The maximum atomic E-state index is 11.2. The summed E-state index contributed by atoms with van der Waals surface area (Å²) in [6, 6.07) is 7.70. The Morgan fingerprint density at radius 2 is 2.06 bits per heavy atom. The third-order valence-corrected chi connectivity index (χ3v) is 2.20. The smallest absolute Gasteiger partial charge is 0.307 e. The zero-order chi connectivity index (χ0) is 13.4. The maximum Gasteiger partial charge on any atom is 0.307 e. The number of esters is 1. The van der Waals surface area contributed by atoms with Crippen LogP contribution in [0.2, 0.25) is 0 Å². The van der Waals surface area contributed by atoms with Crippen molar-refractivity contribution >= 4 is 11.7 Å². The molecule has 0 saturated heterocycles. The van der Waals surface area contributed by atoms with E-state index in [-0.39, 0.29) is 12.1 Å². The molecule has 1 rings (SSSR count). The number of hydrogen-bond acceptors (Lipinski definition) is 4. The van der Waals surface area contributed by atoms with Crippen molar-refractivity contribution in [3.63, 3.8) is 0 Å². The Bertz CT molecular complexity index is 377. The van der Waals surface area contributed by atoms with Gasteiger partial charge in [0.1, 0.15) is 5.75 Å². The van der Waals surface area contributed by atoms with Gasteiger partial charge in [0, 0.05) is 6.54 Å². The van der Waals surface area contributed by atoms with Crippen LogP contribution in [0.15, 0.2) is 24.3 Å². The fourth-order valence-electron chi connectivity index (χ4n) is 1.50. The lowest BCUT2D eigenvalue weighted by molar-refractivity contribution is -0.142. The van der Waals surface area contributed by atoms with Gasteiger partial charge in [-0.15, -0.1) is 0 Å². The number of carbonyl (C=O) groups excluding carboxylic acids is 1. The van der Waals surface area contributed by atoms with E-state index in [1.54, 1.807) is 6.92 Å². The molecule has 0 aliphatic carbocycles. The van der Waals surface area contributed by atoms with Gasteiger partial charge in [0.25, 0.3) is 0 Å². The van der Waals surface area contributed by atoms with Crippen molar-refractivity contribution in [3.05, 3.63) is 24.3 Å². The molecule has 0 unspecified atom stereocenters. The van der Waals surface area contributed by atoms with Gasteiger partial charge < -0.3 is 14.8 Å². The first-order valence-corrected chi connectivity index (χ1v) is 6.28. The first-order chi connectivity index (χ1) is 8.63. The van der Waals surface area contributed by atoms with Gasteiger partial charge in [-0.1, -0.05) is 12.1 Å². The van der Waals surface area contributed by atoms with Crippen molar-refractivity contribution in [3.8, 4) is 5.75 Å². The van der Waals surface area contributed by atoms with Gasteiger partial charge in [-0.25, -0.2) is 0 Å². The number of rotatable bonds is 7. The van der Waals surface area contributed by atoms with Crippen molar-refractivity contribution in [1.82, 2.24) is 0 Å². The molecule has 0 fully saturated rings. The quantitative estimate of drug-likeness (QED) is 0.757. The minimum Gasteiger partial charge on any atom is -0.489 e. The van der Waals surface area contributed by atoms with Crippen molar-refractivity contribution in [1.29, 1.82) is 0 Å². The van der Waals surface area contributed by atoms with Crippen LogP contribution < -0.4 is 10.1 Å². The highest BCUT2D eigenvalue weighted by molar-refractivity contribution is 5.70. The molecule has 0 bridgehead atoms. The summed E-state index contributed by atoms with van der Waals surface area (Å²) < 4.78 is 10.5. The van der Waals surface area contributed by atoms with Gasteiger partial charge in [0.2, 0.25) is 0 Å². The third-order valence-electron chi connectivity index (χ3n) is 2.20. The van der Waals surface area contributed by atoms with Crippen LogP contribution in [0, 0.1) is 0 Å². The number of anilines is 1. The standard InChI is InChI=1S/C14H21NO3/c1-4-17-14(16)9-10-15-12-7-5-6-8-13(12)18-11(2)3/h5-8,11,15H,4,9-10H2,1-3H3. The Balaban J connectivity index is 2.48. The largest absolute Gasteiger partial charge is 0.489 e. The molecule has 0 aliphatic heterocycles. The first kappa shape index (κ1) is 14.4. The summed E-state index contributed by atoms with van der Waals surface area (Å²) in [5, 5.41) is 3.18. The van der Waals surface area contributed by atoms with E-state index in [0.29, 0.717) is 19.6 Å². The number of hydrogen-bond donors (Lipinski definition) is 1. The number of carbonyl (C=O) groups is 1. The third kappa shape index (κ3) is 5.08. The van der Waals surface area contributed by atoms with Gasteiger partial charge in [0.15, 0.2) is 0 Å². The predicted octanol–water partition coefficient (Wildman–Crippen LogP) is 2.84. The molecule has 1 aromatic rings. The van der Waals surface area contributed by atoms with Crippen molar-refractivity contribution in [2.75, 3.05) is 18.5 Å². The van der Waals surface area contributed by atoms with Crippen LogP contribution in [0.25, 0.3) is 0 Å². The molecule has 0 atom stereocenters. The molecule has 1 aromatic carbocycles. The van der Waals surface area contributed by atoms with Crippen LogP contribution in [-0.4, -0.2) is 25.2 Å². The fraction of sp³-hybridized carbons (Fsp3) is 0.500. The highest BCUT2D eigenvalue weighted by Crippen LogP contribution is 2.24. The molecule has 0 heterocycles. The Hall–Kier alpha value is -1.71. The van der Waals surface area contributed by atoms with Crippen molar-refractivity contribution in [2.45, 2.75) is 33.3 Å². The first-order valence-electron chi connectivity index (χ1n) is 6.28. The normalized spacial score (nSPS) is 10.2. The van der Waals surface area contributed by atoms with E-state index in [1.807, 2.05) is 38.1 Å². The zero-order valence-electron chi connectivity index (χ0n) is 11.2. The number of nitrogens with one attached hydrogen (secondary N) is 1. The van der Waals surface area contributed by atoms with E-state index < -0.39 is 0 Å². The van der Waals surface area contributed by atoms with Gasteiger partial charge in [0.05, 0.1) is 24.8 Å². The topological polar surface area (TPSA) is 47.6 Å². The summed E-state index contributed by atoms with van der Waals surface area (Å²) in [5.74, 6) is 0.614. The number of ether oxygens (including phenoxy) is 2. The molecule has 1 N–H and O–H groups in total. The lowest BCUT2D eigenvalue weighted by Gasteiger charge is -2.15. The summed E-state index contributed by atoms with van der Waals surface area (Å²) in [6.07, 6.45) is 0.474. The average molecular weight is 251 g/mol. The van der Waals surface area contributed by atoms with E-state index in [0.717, 1.165) is 11.4 Å². The lowest BCUT2D eigenvalue weighted by atomic mass is 10.2. The summed E-state index contributed by atoms with van der Waals surface area (Å²) in [4.78, 5) is 11.2. The van der Waals surface area contributed by atoms with Crippen molar-refractivity contribution < 1.29 is 14.3 Å². The second-order valence-corrected chi connectivity index (χ2v) is 4.14. The maximum absolute atomic E-state index is 11.2. The fourth-order valence-corrected chi connectivity index (χ4v) is 1.50. The molecule has 4 heteroatoms. The van der Waals surface area contributed by atoms with Gasteiger partial charge in [-0.05, 0) is 32.9 Å². The average Bonchev–Trinajstić information content (AvgIpc) is 2.31. The monoisotopic (exact) mass is 251 g/mol. The van der Waals surface area contributed by atoms with Crippen LogP contribution >= 0.6 is 0 Å². The second kappa shape index (κ2) is 7.58. The lowest BCUT2D eigenvalue weighted by Crippen LogP contribution is -2.13. The predicted molar refractivity (Wildman–Crippen MR) is 71.9 cm³/mol. The summed E-state index contributed by atoms with van der Waals surface area (Å²) in [5.41, 5.74) is 0.899. The molecule has 18 heavy (non-hydrogen) atoms. The molecule has 0 aromatic heterocycles. The minimum absolute atomic E-state index is 0.123. The Labute approximate surface area is 108 Å². The Morgan fingerprint density at radius 3 is 2.72 bits per heavy atom. The Morgan fingerprint density at radius 1 is 1.33 bits per heavy atom. The summed E-state index contributed by atoms with van der Waals surface area (Å²) in [6.45, 7) is 6.73. The van der Waals surface area contributed by atoms with E-state index in [4.69, 9.17) is 9.47 Å². The van der Waals surface area contributed by atoms with E-state index >= 15 is 0 Å². The SMILES string of the molecule is CCOC(=O)CCNc1ccccc1OC(C)C. The molecule has 0 saturated carbocycles. The van der Waals surface area contributed by atoms with E-state index in [9.17, 15) is 4.79 Å². The zero-order valence-corrected chi connectivity index (χ0v) is 11.2. The summed E-state index contributed by atoms with van der Waals surface area (Å²) >= 11 is 0. The van der Waals surface area contributed by atoms with E-state index in [1.165, 1.54) is 0 Å². The molecule has 0 spiro atoms. The van der Waals surface area contributed by atoms with Gasteiger partial charge in [-0.3, -0.25) is 4.79 Å². The molecule has 100 valence electrons. The molecule has 4 nitrogen and oxygen atoms in total. The molecule has 0 radical (unpaired) electrons. The van der Waals surface area contributed by atoms with Crippen LogP contribution in [0.3, 0.4) is 0 Å². The number of benzene rings is 1. The van der Waals surface area contributed by atoms with Crippen LogP contribution in [0.5, 0.6) is 5.75 Å². The van der Waals surface area contributed by atoms with Crippen LogP contribution in [0.1, 0.15) is 27.2 Å². The van der Waals surface area contributed by atoms with Crippen molar-refractivity contribution in [2.24, 2.45) is 0 Å². The Kier molecular flexibility index (Phi) is 6.05. The molecular formula is C14H21NO3.